The van der Waals surface area contributed by atoms with Crippen molar-refractivity contribution in [1.82, 2.24) is 30.6 Å². The molecule has 10 heteroatoms. The molecule has 4 aromatic rings. The molecule has 0 atom stereocenters. The molecule has 0 unspecified atom stereocenters. The molecule has 1 aromatic carbocycles. The molecule has 0 radical (unpaired) electrons. The van der Waals surface area contributed by atoms with Crippen LogP contribution in [0.15, 0.2) is 72.0 Å². The topological polar surface area (TPSA) is 113 Å². The quantitative estimate of drug-likeness (QED) is 0.331. The zero-order valence-electron chi connectivity index (χ0n) is 21.2. The standard InChI is InChI=1S/C29H27N7O2S/c37-27-26(39-29(38)35-27)15-21-7-12-32-28(34-21)36-13-9-19(10-14-36)16-31-18-22-4-2-6-25(33-22)24-5-1-3-20-17-30-11-8-23(20)24/h1-8,11-12,15,17,19,31H,9-10,13-14,16,18H2,(H,35,37,38). The Morgan fingerprint density at radius 2 is 1.90 bits per heavy atom. The first-order valence-corrected chi connectivity index (χ1v) is 13.8. The van der Waals surface area contributed by atoms with Gasteiger partial charge in [-0.25, -0.2) is 9.97 Å². The number of carbonyl (C=O) groups is 2. The predicted molar refractivity (Wildman–Crippen MR) is 153 cm³/mol. The molecule has 0 spiro atoms. The number of piperidine rings is 1. The van der Waals surface area contributed by atoms with Crippen molar-refractivity contribution >= 4 is 45.7 Å². The first-order valence-electron chi connectivity index (χ1n) is 12.9. The van der Waals surface area contributed by atoms with Gasteiger partial charge in [0.05, 0.1) is 22.0 Å². The van der Waals surface area contributed by atoms with Gasteiger partial charge in [0.2, 0.25) is 5.95 Å². The van der Waals surface area contributed by atoms with Crippen molar-refractivity contribution in [2.75, 3.05) is 24.5 Å². The summed E-state index contributed by atoms with van der Waals surface area (Å²) in [7, 11) is 0. The van der Waals surface area contributed by atoms with Gasteiger partial charge in [0.1, 0.15) is 0 Å². The molecule has 5 heterocycles. The number of anilines is 1. The molecule has 2 aliphatic heterocycles. The van der Waals surface area contributed by atoms with E-state index < -0.39 is 0 Å². The van der Waals surface area contributed by atoms with E-state index in [0.717, 1.165) is 72.0 Å². The fourth-order valence-electron chi connectivity index (χ4n) is 4.97. The molecule has 196 valence electrons. The third kappa shape index (κ3) is 5.81. The number of amides is 2. The Kier molecular flexibility index (Phi) is 7.29. The number of fused-ring (bicyclic) bond motifs is 1. The van der Waals surface area contributed by atoms with Gasteiger partial charge in [-0.05, 0) is 72.8 Å². The maximum atomic E-state index is 11.8. The van der Waals surface area contributed by atoms with Gasteiger partial charge in [-0.1, -0.05) is 24.3 Å². The normalized spacial score (nSPS) is 17.2. The van der Waals surface area contributed by atoms with Gasteiger partial charge in [0.15, 0.2) is 0 Å². The highest BCUT2D eigenvalue weighted by Gasteiger charge is 2.25. The summed E-state index contributed by atoms with van der Waals surface area (Å²) in [5.41, 5.74) is 3.72. The number of hydrogen-bond donors (Lipinski definition) is 2. The summed E-state index contributed by atoms with van der Waals surface area (Å²) in [4.78, 5) is 44.0. The molecule has 2 aliphatic rings. The number of nitrogens with one attached hydrogen (secondary N) is 2. The molecule has 2 fully saturated rings. The SMILES string of the molecule is O=C1NC(=O)C(=Cc2ccnc(N3CCC(CNCc4cccc(-c5cccc6cnccc56)n4)CC3)n2)S1. The van der Waals surface area contributed by atoms with Crippen LogP contribution in [0.2, 0.25) is 0 Å². The highest BCUT2D eigenvalue weighted by molar-refractivity contribution is 8.18. The van der Waals surface area contributed by atoms with Crippen LogP contribution in [0, 0.1) is 5.92 Å². The molecule has 2 saturated heterocycles. The molecule has 0 bridgehead atoms. The van der Waals surface area contributed by atoms with Crippen LogP contribution in [-0.4, -0.2) is 50.7 Å². The second-order valence-electron chi connectivity index (χ2n) is 9.61. The number of pyridine rings is 2. The number of aromatic nitrogens is 4. The van der Waals surface area contributed by atoms with Crippen molar-refractivity contribution in [3.05, 3.63) is 83.4 Å². The number of imide groups is 1. The van der Waals surface area contributed by atoms with Crippen molar-refractivity contribution in [2.45, 2.75) is 19.4 Å². The number of benzene rings is 1. The number of rotatable bonds is 7. The van der Waals surface area contributed by atoms with Gasteiger partial charge >= 0.3 is 0 Å². The Morgan fingerprint density at radius 3 is 2.74 bits per heavy atom. The van der Waals surface area contributed by atoms with E-state index in [4.69, 9.17) is 4.98 Å². The van der Waals surface area contributed by atoms with Gasteiger partial charge < -0.3 is 10.2 Å². The Hall–Kier alpha value is -4.15. The number of carbonyl (C=O) groups excluding carboxylic acids is 2. The van der Waals surface area contributed by atoms with Crippen LogP contribution in [0.3, 0.4) is 0 Å². The highest BCUT2D eigenvalue weighted by atomic mass is 32.2. The van der Waals surface area contributed by atoms with Crippen LogP contribution in [0.25, 0.3) is 28.1 Å². The molecule has 39 heavy (non-hydrogen) atoms. The van der Waals surface area contributed by atoms with Crippen LogP contribution in [0.4, 0.5) is 10.7 Å². The number of thioether (sulfide) groups is 1. The van der Waals surface area contributed by atoms with Crippen molar-refractivity contribution in [1.29, 1.82) is 0 Å². The van der Waals surface area contributed by atoms with Crippen molar-refractivity contribution in [3.8, 4) is 11.3 Å². The zero-order chi connectivity index (χ0) is 26.6. The lowest BCUT2D eigenvalue weighted by Gasteiger charge is -2.32. The van der Waals surface area contributed by atoms with E-state index >= 15 is 0 Å². The predicted octanol–water partition coefficient (Wildman–Crippen LogP) is 4.42. The van der Waals surface area contributed by atoms with Gasteiger partial charge in [0, 0.05) is 49.2 Å². The van der Waals surface area contributed by atoms with Crippen molar-refractivity contribution < 1.29 is 9.59 Å². The first-order chi connectivity index (χ1) is 19.1. The average Bonchev–Trinajstić information content (AvgIpc) is 3.29. The van der Waals surface area contributed by atoms with E-state index in [1.807, 2.05) is 24.5 Å². The maximum Gasteiger partial charge on any atom is 0.290 e. The lowest BCUT2D eigenvalue weighted by atomic mass is 9.97. The lowest BCUT2D eigenvalue weighted by Crippen LogP contribution is -2.38. The van der Waals surface area contributed by atoms with E-state index in [9.17, 15) is 9.59 Å². The molecule has 0 saturated carbocycles. The first kappa shape index (κ1) is 25.1. The summed E-state index contributed by atoms with van der Waals surface area (Å²) < 4.78 is 0. The summed E-state index contributed by atoms with van der Waals surface area (Å²) in [5.74, 6) is 0.826. The smallest absolute Gasteiger partial charge is 0.290 e. The van der Waals surface area contributed by atoms with E-state index in [1.54, 1.807) is 18.3 Å². The van der Waals surface area contributed by atoms with Gasteiger partial charge in [-0.15, -0.1) is 0 Å². The maximum absolute atomic E-state index is 11.8. The molecular formula is C29H27N7O2S. The number of hydrogen-bond acceptors (Lipinski definition) is 9. The van der Waals surface area contributed by atoms with E-state index in [0.29, 0.717) is 29.0 Å². The lowest BCUT2D eigenvalue weighted by molar-refractivity contribution is -0.115. The summed E-state index contributed by atoms with van der Waals surface area (Å²) in [5, 5.41) is 7.77. The summed E-state index contributed by atoms with van der Waals surface area (Å²) in [6, 6.07) is 16.2. The highest BCUT2D eigenvalue weighted by Crippen LogP contribution is 2.28. The third-order valence-corrected chi connectivity index (χ3v) is 7.80. The largest absolute Gasteiger partial charge is 0.341 e. The molecule has 0 aliphatic carbocycles. The van der Waals surface area contributed by atoms with Crippen LogP contribution in [0.5, 0.6) is 0 Å². The molecule has 2 amide bonds. The molecule has 3 aromatic heterocycles. The van der Waals surface area contributed by atoms with Crippen LogP contribution in [0.1, 0.15) is 24.2 Å². The Balaban J connectivity index is 1.02. The van der Waals surface area contributed by atoms with Gasteiger partial charge in [-0.2, -0.15) is 0 Å². The zero-order valence-corrected chi connectivity index (χ0v) is 22.0. The van der Waals surface area contributed by atoms with E-state index in [-0.39, 0.29) is 11.1 Å². The minimum absolute atomic E-state index is 0.351. The Bertz CT molecular complexity index is 1560. The van der Waals surface area contributed by atoms with Crippen LogP contribution < -0.4 is 15.5 Å². The fourth-order valence-corrected chi connectivity index (χ4v) is 5.63. The molecule has 9 nitrogen and oxygen atoms in total. The summed E-state index contributed by atoms with van der Waals surface area (Å²) in [6.45, 7) is 3.37. The monoisotopic (exact) mass is 537 g/mol. The van der Waals surface area contributed by atoms with E-state index in [2.05, 4.69) is 60.8 Å². The molecular weight excluding hydrogens is 510 g/mol. The Morgan fingerprint density at radius 1 is 1.03 bits per heavy atom. The minimum Gasteiger partial charge on any atom is -0.341 e. The van der Waals surface area contributed by atoms with E-state index in [1.165, 1.54) is 0 Å². The summed E-state index contributed by atoms with van der Waals surface area (Å²) in [6.07, 6.45) is 9.10. The molecule has 2 N–H and O–H groups in total. The Labute approximate surface area is 230 Å². The van der Waals surface area contributed by atoms with Crippen molar-refractivity contribution in [3.63, 3.8) is 0 Å². The van der Waals surface area contributed by atoms with Crippen LogP contribution in [-0.2, 0) is 11.3 Å². The second-order valence-corrected chi connectivity index (χ2v) is 10.6. The van der Waals surface area contributed by atoms with Gasteiger partial charge in [0.25, 0.3) is 11.1 Å². The van der Waals surface area contributed by atoms with Crippen LogP contribution >= 0.6 is 11.8 Å². The minimum atomic E-state index is -0.383. The number of nitrogens with zero attached hydrogens (tertiary/aromatic N) is 5. The molecule has 6 rings (SSSR count). The van der Waals surface area contributed by atoms with Gasteiger partial charge in [-0.3, -0.25) is 24.9 Å². The average molecular weight is 538 g/mol. The fraction of sp³-hybridized carbons (Fsp3) is 0.241. The third-order valence-electron chi connectivity index (χ3n) is 6.99. The van der Waals surface area contributed by atoms with Crippen molar-refractivity contribution in [2.24, 2.45) is 5.92 Å². The second kappa shape index (κ2) is 11.3. The summed E-state index contributed by atoms with van der Waals surface area (Å²) >= 11 is 0.890.